The fraction of sp³-hybridized carbons (Fsp3) is 0.571. The molecule has 1 saturated heterocycles. The molecule has 2 rings (SSSR count). The zero-order valence-corrected chi connectivity index (χ0v) is 13.1. The van der Waals surface area contributed by atoms with Gasteiger partial charge in [-0.05, 0) is 37.5 Å². The van der Waals surface area contributed by atoms with Crippen molar-refractivity contribution in [2.24, 2.45) is 0 Å². The molecule has 1 unspecified atom stereocenters. The third kappa shape index (κ3) is 2.29. The highest BCUT2D eigenvalue weighted by atomic mass is 79.9. The molecule has 0 saturated carbocycles. The molecule has 1 fully saturated rings. The van der Waals surface area contributed by atoms with Crippen LogP contribution >= 0.6 is 15.9 Å². The van der Waals surface area contributed by atoms with Gasteiger partial charge >= 0.3 is 0 Å². The summed E-state index contributed by atoms with van der Waals surface area (Å²) in [4.78, 5) is 0. The van der Waals surface area contributed by atoms with Crippen LogP contribution in [0.15, 0.2) is 4.47 Å². The van der Waals surface area contributed by atoms with Crippen molar-refractivity contribution in [2.75, 3.05) is 26.7 Å². The maximum absolute atomic E-state index is 5.66. The topological polar surface area (TPSA) is 33.3 Å². The van der Waals surface area contributed by atoms with Gasteiger partial charge in [0.05, 0.1) is 7.11 Å². The maximum atomic E-state index is 5.66. The molecule has 0 aliphatic carbocycles. The summed E-state index contributed by atoms with van der Waals surface area (Å²) in [5, 5.41) is 6.99. The largest absolute Gasteiger partial charge is 0.496 e. The fourth-order valence-electron chi connectivity index (χ4n) is 2.65. The standard InChI is InChI=1S/C14H21BrN2O/c1-8-9(2)14(18-4)12(10(3)13(8)15)11-7-16-5-6-17-11/h11,16-17H,5-7H2,1-4H3. The van der Waals surface area contributed by atoms with Gasteiger partial charge in [0.2, 0.25) is 0 Å². The highest BCUT2D eigenvalue weighted by molar-refractivity contribution is 9.10. The van der Waals surface area contributed by atoms with E-state index in [4.69, 9.17) is 4.74 Å². The first-order chi connectivity index (χ1) is 8.57. The van der Waals surface area contributed by atoms with Crippen molar-refractivity contribution in [1.82, 2.24) is 10.6 Å². The predicted molar refractivity (Wildman–Crippen MR) is 78.5 cm³/mol. The Labute approximate surface area is 117 Å². The van der Waals surface area contributed by atoms with E-state index in [1.54, 1.807) is 7.11 Å². The molecule has 1 aromatic rings. The SMILES string of the molecule is COc1c(C)c(C)c(Br)c(C)c1C1CNCCN1. The van der Waals surface area contributed by atoms with Crippen molar-refractivity contribution in [3.05, 3.63) is 26.7 Å². The molecule has 4 heteroatoms. The molecule has 100 valence electrons. The lowest BCUT2D eigenvalue weighted by Crippen LogP contribution is -2.43. The number of halogens is 1. The van der Waals surface area contributed by atoms with Gasteiger partial charge in [-0.15, -0.1) is 0 Å². The second kappa shape index (κ2) is 5.59. The average Bonchev–Trinajstić information content (AvgIpc) is 2.41. The van der Waals surface area contributed by atoms with Crippen molar-refractivity contribution in [2.45, 2.75) is 26.8 Å². The van der Waals surface area contributed by atoms with Crippen LogP contribution in [0.4, 0.5) is 0 Å². The van der Waals surface area contributed by atoms with E-state index in [0.29, 0.717) is 6.04 Å². The van der Waals surface area contributed by atoms with Gasteiger partial charge in [0, 0.05) is 35.7 Å². The number of piperazine rings is 1. The molecule has 0 amide bonds. The first-order valence-electron chi connectivity index (χ1n) is 6.35. The van der Waals surface area contributed by atoms with Crippen LogP contribution in [0.1, 0.15) is 28.3 Å². The molecule has 0 radical (unpaired) electrons. The van der Waals surface area contributed by atoms with Crippen LogP contribution in [0, 0.1) is 20.8 Å². The third-order valence-corrected chi connectivity index (χ3v) is 4.99. The van der Waals surface area contributed by atoms with Gasteiger partial charge in [-0.3, -0.25) is 0 Å². The molecule has 0 aromatic heterocycles. The Balaban J connectivity index is 2.56. The Morgan fingerprint density at radius 3 is 2.39 bits per heavy atom. The number of ether oxygens (including phenoxy) is 1. The summed E-state index contributed by atoms with van der Waals surface area (Å²) in [6, 6.07) is 0.323. The maximum Gasteiger partial charge on any atom is 0.127 e. The second-order valence-corrected chi connectivity index (χ2v) is 5.64. The summed E-state index contributed by atoms with van der Waals surface area (Å²) in [5.41, 5.74) is 5.03. The summed E-state index contributed by atoms with van der Waals surface area (Å²) >= 11 is 3.71. The number of hydrogen-bond acceptors (Lipinski definition) is 3. The van der Waals surface area contributed by atoms with Crippen LogP contribution in [0.3, 0.4) is 0 Å². The molecular weight excluding hydrogens is 292 g/mol. The zero-order chi connectivity index (χ0) is 13.3. The summed E-state index contributed by atoms with van der Waals surface area (Å²) in [5.74, 6) is 1.02. The van der Waals surface area contributed by atoms with Crippen molar-refractivity contribution in [3.63, 3.8) is 0 Å². The Hall–Kier alpha value is -0.580. The molecule has 0 spiro atoms. The van der Waals surface area contributed by atoms with Crippen LogP contribution in [0.2, 0.25) is 0 Å². The second-order valence-electron chi connectivity index (χ2n) is 4.85. The summed E-state index contributed by atoms with van der Waals surface area (Å²) < 4.78 is 6.85. The molecule has 1 atom stereocenters. The van der Waals surface area contributed by atoms with Gasteiger partial charge in [-0.1, -0.05) is 15.9 Å². The minimum absolute atomic E-state index is 0.323. The van der Waals surface area contributed by atoms with E-state index in [1.165, 1.54) is 26.7 Å². The minimum Gasteiger partial charge on any atom is -0.496 e. The fourth-order valence-corrected chi connectivity index (χ4v) is 3.16. The van der Waals surface area contributed by atoms with E-state index >= 15 is 0 Å². The number of benzene rings is 1. The third-order valence-electron chi connectivity index (χ3n) is 3.80. The molecule has 18 heavy (non-hydrogen) atoms. The van der Waals surface area contributed by atoms with Crippen LogP contribution in [-0.4, -0.2) is 26.7 Å². The van der Waals surface area contributed by atoms with Crippen molar-refractivity contribution in [1.29, 1.82) is 0 Å². The number of methoxy groups -OCH3 is 1. The van der Waals surface area contributed by atoms with E-state index in [9.17, 15) is 0 Å². The van der Waals surface area contributed by atoms with E-state index in [-0.39, 0.29) is 0 Å². The van der Waals surface area contributed by atoms with Gasteiger partial charge in [-0.2, -0.15) is 0 Å². The van der Waals surface area contributed by atoms with Gasteiger partial charge in [-0.25, -0.2) is 0 Å². The summed E-state index contributed by atoms with van der Waals surface area (Å²) in [7, 11) is 1.76. The summed E-state index contributed by atoms with van der Waals surface area (Å²) in [6.07, 6.45) is 0. The molecule has 0 bridgehead atoms. The first-order valence-corrected chi connectivity index (χ1v) is 7.14. The monoisotopic (exact) mass is 312 g/mol. The lowest BCUT2D eigenvalue weighted by molar-refractivity contribution is 0.378. The Morgan fingerprint density at radius 1 is 1.11 bits per heavy atom. The lowest BCUT2D eigenvalue weighted by Gasteiger charge is -2.29. The molecular formula is C14H21BrN2O. The minimum atomic E-state index is 0.323. The van der Waals surface area contributed by atoms with Crippen molar-refractivity contribution in [3.8, 4) is 5.75 Å². The lowest BCUT2D eigenvalue weighted by atomic mass is 9.93. The van der Waals surface area contributed by atoms with Crippen LogP contribution in [0.5, 0.6) is 5.75 Å². The average molecular weight is 313 g/mol. The molecule has 1 aromatic carbocycles. The Kier molecular flexibility index (Phi) is 4.30. The molecule has 1 heterocycles. The quantitative estimate of drug-likeness (QED) is 0.880. The van der Waals surface area contributed by atoms with E-state index < -0.39 is 0 Å². The van der Waals surface area contributed by atoms with Gasteiger partial charge in [0.15, 0.2) is 0 Å². The molecule has 2 N–H and O–H groups in total. The normalized spacial score (nSPS) is 19.9. The van der Waals surface area contributed by atoms with Gasteiger partial charge in [0.1, 0.15) is 5.75 Å². The van der Waals surface area contributed by atoms with Crippen LogP contribution < -0.4 is 15.4 Å². The molecule has 3 nitrogen and oxygen atoms in total. The number of hydrogen-bond donors (Lipinski definition) is 2. The highest BCUT2D eigenvalue weighted by Crippen LogP contribution is 2.39. The number of rotatable bonds is 2. The first kappa shape index (κ1) is 13.8. The van der Waals surface area contributed by atoms with Crippen molar-refractivity contribution >= 4 is 15.9 Å². The van der Waals surface area contributed by atoms with Crippen molar-refractivity contribution < 1.29 is 4.74 Å². The predicted octanol–water partition coefficient (Wildman–Crippen LogP) is 2.62. The van der Waals surface area contributed by atoms with Crippen LogP contribution in [-0.2, 0) is 0 Å². The molecule has 1 aliphatic rings. The highest BCUT2D eigenvalue weighted by Gasteiger charge is 2.24. The van der Waals surface area contributed by atoms with Crippen LogP contribution in [0.25, 0.3) is 0 Å². The van der Waals surface area contributed by atoms with E-state index in [1.807, 2.05) is 0 Å². The smallest absolute Gasteiger partial charge is 0.127 e. The van der Waals surface area contributed by atoms with Gasteiger partial charge in [0.25, 0.3) is 0 Å². The number of nitrogens with one attached hydrogen (secondary N) is 2. The Morgan fingerprint density at radius 2 is 1.83 bits per heavy atom. The summed E-state index contributed by atoms with van der Waals surface area (Å²) in [6.45, 7) is 9.39. The molecule has 1 aliphatic heterocycles. The van der Waals surface area contributed by atoms with Gasteiger partial charge < -0.3 is 15.4 Å². The van der Waals surface area contributed by atoms with E-state index in [0.717, 1.165) is 25.4 Å². The van der Waals surface area contributed by atoms with E-state index in [2.05, 4.69) is 47.3 Å². The Bertz CT molecular complexity index is 454. The zero-order valence-electron chi connectivity index (χ0n) is 11.5.